The maximum absolute atomic E-state index is 13.4. The van der Waals surface area contributed by atoms with E-state index in [-0.39, 0.29) is 36.8 Å². The van der Waals surface area contributed by atoms with Crippen molar-refractivity contribution < 1.29 is 22.7 Å². The molecule has 0 atom stereocenters. The Morgan fingerprint density at radius 3 is 2.62 bits per heavy atom. The molecule has 144 valence electrons. The molecule has 7 nitrogen and oxygen atoms in total. The smallest absolute Gasteiger partial charge is 0.341 e. The van der Waals surface area contributed by atoms with Crippen molar-refractivity contribution in [1.29, 1.82) is 0 Å². The van der Waals surface area contributed by atoms with Crippen LogP contribution in [0.4, 0.5) is 0 Å². The Bertz CT molecular complexity index is 841. The Hall–Kier alpha value is -1.68. The molecule has 2 aromatic rings. The number of carbonyl (C=O) groups is 1. The summed E-state index contributed by atoms with van der Waals surface area (Å²) in [5.74, 6) is -0.643. The van der Waals surface area contributed by atoms with Crippen LogP contribution in [0, 0.1) is 13.8 Å². The normalized spacial score (nSPS) is 11.9. The number of carbonyl (C=O) groups excluding carboxylic acids is 1. The third-order valence-corrected chi connectivity index (χ3v) is 6.73. The fourth-order valence-electron chi connectivity index (χ4n) is 2.71. The molecule has 1 N–H and O–H groups in total. The lowest BCUT2D eigenvalue weighted by Crippen LogP contribution is -2.34. The van der Waals surface area contributed by atoms with Gasteiger partial charge in [0.05, 0.1) is 13.2 Å². The van der Waals surface area contributed by atoms with Crippen molar-refractivity contribution in [3.8, 4) is 0 Å². The van der Waals surface area contributed by atoms with Gasteiger partial charge in [0.25, 0.3) is 0 Å². The number of nitrogens with one attached hydrogen (secondary N) is 1. The van der Waals surface area contributed by atoms with Crippen LogP contribution < -0.4 is 0 Å². The highest BCUT2D eigenvalue weighted by atomic mass is 32.2. The molecule has 2 rings (SSSR count). The van der Waals surface area contributed by atoms with Crippen molar-refractivity contribution in [3.05, 3.63) is 39.3 Å². The highest BCUT2D eigenvalue weighted by Crippen LogP contribution is 2.29. The molecule has 9 heteroatoms. The molecule has 0 fully saturated rings. The zero-order valence-electron chi connectivity index (χ0n) is 15.4. The number of sulfonamides is 1. The molecule has 0 saturated carbocycles. The summed E-state index contributed by atoms with van der Waals surface area (Å²) in [6.07, 6.45) is 0. The Balaban J connectivity index is 2.49. The highest BCUT2D eigenvalue weighted by Gasteiger charge is 2.34. The first-order chi connectivity index (χ1) is 12.3. The predicted molar refractivity (Wildman–Crippen MR) is 100 cm³/mol. The number of nitrogens with zero attached hydrogens (tertiary/aromatic N) is 1. The largest absolute Gasteiger partial charge is 0.462 e. The van der Waals surface area contributed by atoms with Gasteiger partial charge in [0.15, 0.2) is 0 Å². The second-order valence-corrected chi connectivity index (χ2v) is 8.62. The molecule has 0 unspecified atom stereocenters. The van der Waals surface area contributed by atoms with Crippen molar-refractivity contribution in [1.82, 2.24) is 9.29 Å². The van der Waals surface area contributed by atoms with Crippen LogP contribution in [0.25, 0.3) is 0 Å². The van der Waals surface area contributed by atoms with Crippen molar-refractivity contribution in [2.45, 2.75) is 32.2 Å². The first-order valence-corrected chi connectivity index (χ1v) is 10.5. The van der Waals surface area contributed by atoms with Crippen LogP contribution in [-0.4, -0.2) is 50.5 Å². The van der Waals surface area contributed by atoms with Gasteiger partial charge in [0, 0.05) is 36.5 Å². The molecule has 0 radical (unpaired) electrons. The van der Waals surface area contributed by atoms with Crippen LogP contribution in [0.1, 0.15) is 33.5 Å². The lowest BCUT2D eigenvalue weighted by molar-refractivity contribution is 0.0521. The van der Waals surface area contributed by atoms with E-state index < -0.39 is 16.0 Å². The van der Waals surface area contributed by atoms with Gasteiger partial charge in [0.1, 0.15) is 10.5 Å². The molecule has 2 heterocycles. The molecule has 0 aliphatic heterocycles. The van der Waals surface area contributed by atoms with Gasteiger partial charge in [-0.15, -0.1) is 11.3 Å². The summed E-state index contributed by atoms with van der Waals surface area (Å²) < 4.78 is 38.2. The molecule has 26 heavy (non-hydrogen) atoms. The topological polar surface area (TPSA) is 88.7 Å². The van der Waals surface area contributed by atoms with Gasteiger partial charge in [-0.3, -0.25) is 0 Å². The summed E-state index contributed by atoms with van der Waals surface area (Å²) in [7, 11) is -2.41. The number of H-pyrrole nitrogens is 1. The third-order valence-electron chi connectivity index (χ3n) is 3.85. The van der Waals surface area contributed by atoms with Crippen LogP contribution in [0.3, 0.4) is 0 Å². The Kier molecular flexibility index (Phi) is 6.99. The fourth-order valence-corrected chi connectivity index (χ4v) is 5.33. The number of hydrogen-bond acceptors (Lipinski definition) is 6. The number of hydrogen-bond donors (Lipinski definition) is 1. The molecule has 0 aromatic carbocycles. The number of aromatic nitrogens is 1. The van der Waals surface area contributed by atoms with Crippen LogP contribution >= 0.6 is 11.3 Å². The SMILES string of the molecule is CCOC(=O)c1c(C)[nH]c(C)c1S(=O)(=O)N(CCOC)Cc1cccs1. The van der Waals surface area contributed by atoms with E-state index in [1.165, 1.54) is 22.8 Å². The van der Waals surface area contributed by atoms with Crippen molar-refractivity contribution in [2.75, 3.05) is 26.9 Å². The van der Waals surface area contributed by atoms with Gasteiger partial charge in [-0.1, -0.05) is 6.07 Å². The van der Waals surface area contributed by atoms with E-state index in [9.17, 15) is 13.2 Å². The summed E-state index contributed by atoms with van der Waals surface area (Å²) in [5.41, 5.74) is 0.958. The second-order valence-electron chi connectivity index (χ2n) is 5.71. The number of methoxy groups -OCH3 is 1. The minimum atomic E-state index is -3.93. The van der Waals surface area contributed by atoms with E-state index >= 15 is 0 Å². The number of thiophene rings is 1. The van der Waals surface area contributed by atoms with Gasteiger partial charge < -0.3 is 14.5 Å². The number of ether oxygens (including phenoxy) is 2. The molecule has 0 aliphatic rings. The lowest BCUT2D eigenvalue weighted by Gasteiger charge is -2.22. The Morgan fingerprint density at radius 1 is 1.31 bits per heavy atom. The van der Waals surface area contributed by atoms with Crippen LogP contribution in [0.2, 0.25) is 0 Å². The van der Waals surface area contributed by atoms with Crippen LogP contribution in [0.15, 0.2) is 22.4 Å². The molecule has 0 spiro atoms. The summed E-state index contributed by atoms with van der Waals surface area (Å²) >= 11 is 1.48. The first-order valence-electron chi connectivity index (χ1n) is 8.20. The molecular formula is C17H24N2O5S2. The molecule has 0 amide bonds. The predicted octanol–water partition coefficient (Wildman–Crippen LogP) is 2.71. The van der Waals surface area contributed by atoms with Crippen LogP contribution in [0.5, 0.6) is 0 Å². The second kappa shape index (κ2) is 8.81. The number of aromatic amines is 1. The molecule has 0 aliphatic carbocycles. The quantitative estimate of drug-likeness (QED) is 0.654. The summed E-state index contributed by atoms with van der Waals surface area (Å²) in [6.45, 7) is 5.81. The lowest BCUT2D eigenvalue weighted by atomic mass is 10.2. The zero-order chi connectivity index (χ0) is 19.3. The van der Waals surface area contributed by atoms with E-state index in [0.29, 0.717) is 11.4 Å². The zero-order valence-corrected chi connectivity index (χ0v) is 17.0. The van der Waals surface area contributed by atoms with Gasteiger partial charge in [-0.05, 0) is 32.2 Å². The fraction of sp³-hybridized carbons (Fsp3) is 0.471. The molecule has 2 aromatic heterocycles. The van der Waals surface area contributed by atoms with Crippen molar-refractivity contribution >= 4 is 27.3 Å². The monoisotopic (exact) mass is 400 g/mol. The number of aryl methyl sites for hydroxylation is 2. The maximum Gasteiger partial charge on any atom is 0.341 e. The minimum absolute atomic E-state index is 0.0268. The minimum Gasteiger partial charge on any atom is -0.462 e. The Morgan fingerprint density at radius 2 is 2.04 bits per heavy atom. The van der Waals surface area contributed by atoms with Crippen LogP contribution in [-0.2, 0) is 26.0 Å². The molecular weight excluding hydrogens is 376 g/mol. The van der Waals surface area contributed by atoms with Crippen molar-refractivity contribution in [3.63, 3.8) is 0 Å². The number of esters is 1. The summed E-state index contributed by atoms with van der Waals surface area (Å²) in [4.78, 5) is 16.2. The maximum atomic E-state index is 13.4. The Labute approximate surface area is 158 Å². The van der Waals surface area contributed by atoms with Gasteiger partial charge in [0.2, 0.25) is 10.0 Å². The van der Waals surface area contributed by atoms with Crippen molar-refractivity contribution in [2.24, 2.45) is 0 Å². The van der Waals surface area contributed by atoms with Gasteiger partial charge in [-0.25, -0.2) is 13.2 Å². The standard InChI is InChI=1S/C17H24N2O5S2/c1-5-24-17(20)15-12(2)18-13(3)16(15)26(21,22)19(8-9-23-4)11-14-7-6-10-25-14/h6-7,10,18H,5,8-9,11H2,1-4H3. The average molecular weight is 401 g/mol. The van der Waals surface area contributed by atoms with E-state index in [1.807, 2.05) is 17.5 Å². The summed E-state index contributed by atoms with van der Waals surface area (Å²) in [6, 6.07) is 3.75. The van der Waals surface area contributed by atoms with Gasteiger partial charge in [-0.2, -0.15) is 4.31 Å². The van der Waals surface area contributed by atoms with E-state index in [2.05, 4.69) is 4.98 Å². The number of rotatable bonds is 9. The summed E-state index contributed by atoms with van der Waals surface area (Å²) in [5, 5.41) is 1.90. The third kappa shape index (κ3) is 4.35. The van der Waals surface area contributed by atoms with E-state index in [0.717, 1.165) is 4.88 Å². The van der Waals surface area contributed by atoms with E-state index in [1.54, 1.807) is 20.8 Å². The molecule has 0 bridgehead atoms. The van der Waals surface area contributed by atoms with Gasteiger partial charge >= 0.3 is 5.97 Å². The average Bonchev–Trinajstić information content (AvgIpc) is 3.18. The highest BCUT2D eigenvalue weighted by molar-refractivity contribution is 7.89. The first kappa shape index (κ1) is 20.6. The molecule has 0 saturated heterocycles. The van der Waals surface area contributed by atoms with E-state index in [4.69, 9.17) is 9.47 Å².